The van der Waals surface area contributed by atoms with Gasteiger partial charge in [-0.1, -0.05) is 42.5 Å². The Hall–Kier alpha value is -3.72. The number of nitrogens with two attached hydrogens (primary N) is 1. The number of primary amides is 1. The highest BCUT2D eigenvalue weighted by atomic mass is 16.5. The predicted octanol–water partition coefficient (Wildman–Crippen LogP) is 1.59. The van der Waals surface area contributed by atoms with E-state index in [4.69, 9.17) is 10.5 Å². The average molecular weight is 420 g/mol. The van der Waals surface area contributed by atoms with Crippen molar-refractivity contribution >= 4 is 17.8 Å². The monoisotopic (exact) mass is 420 g/mol. The lowest BCUT2D eigenvalue weighted by atomic mass is 10.1. The van der Waals surface area contributed by atoms with Gasteiger partial charge in [0.25, 0.3) is 0 Å². The van der Waals surface area contributed by atoms with Crippen LogP contribution in [0.15, 0.2) is 54.6 Å². The number of morpholine rings is 1. The number of nitrogens with one attached hydrogen (secondary N) is 1. The second-order valence-corrected chi connectivity index (χ2v) is 7.22. The molecule has 2 heterocycles. The molecular formula is C22H24N6O3. The molecule has 1 amide bonds. The molecule has 4 N–H and O–H groups in total. The van der Waals surface area contributed by atoms with Crippen molar-refractivity contribution in [3.05, 3.63) is 60.2 Å². The van der Waals surface area contributed by atoms with E-state index in [9.17, 15) is 9.90 Å². The topological polar surface area (TPSA) is 126 Å². The summed E-state index contributed by atoms with van der Waals surface area (Å²) in [5, 5.41) is 12.9. The molecule has 9 heteroatoms. The fraction of sp³-hybridized carbons (Fsp3) is 0.273. The van der Waals surface area contributed by atoms with Crippen molar-refractivity contribution in [3.63, 3.8) is 0 Å². The summed E-state index contributed by atoms with van der Waals surface area (Å²) < 4.78 is 5.42. The first-order valence-corrected chi connectivity index (χ1v) is 10.1. The molecule has 1 fully saturated rings. The Morgan fingerprint density at radius 3 is 2.58 bits per heavy atom. The molecule has 0 spiro atoms. The van der Waals surface area contributed by atoms with Crippen LogP contribution in [0.1, 0.15) is 5.56 Å². The number of anilines is 2. The van der Waals surface area contributed by atoms with Crippen molar-refractivity contribution in [1.29, 1.82) is 0 Å². The third-order valence-corrected chi connectivity index (χ3v) is 4.95. The molecule has 1 aliphatic heterocycles. The van der Waals surface area contributed by atoms with Crippen molar-refractivity contribution < 1.29 is 14.6 Å². The zero-order chi connectivity index (χ0) is 21.6. The molecule has 3 aromatic rings. The number of phenolic OH excluding ortho intramolecular Hbond substituents is 1. The first kappa shape index (κ1) is 20.5. The maximum atomic E-state index is 12.1. The van der Waals surface area contributed by atoms with Gasteiger partial charge in [-0.25, -0.2) is 0 Å². The zero-order valence-electron chi connectivity index (χ0n) is 16.9. The molecule has 0 radical (unpaired) electrons. The fourth-order valence-corrected chi connectivity index (χ4v) is 3.34. The highest BCUT2D eigenvalue weighted by Crippen LogP contribution is 2.24. The molecule has 0 aliphatic carbocycles. The van der Waals surface area contributed by atoms with Gasteiger partial charge in [0, 0.05) is 25.1 Å². The SMILES string of the molecule is NC(=O)C(Cc1ccccc1)Nc1nc(-c2cccc(O)c2)nc(N2CCOCC2)n1. The molecule has 0 saturated carbocycles. The minimum Gasteiger partial charge on any atom is -0.508 e. The molecule has 160 valence electrons. The van der Waals surface area contributed by atoms with Crippen molar-refractivity contribution in [2.45, 2.75) is 12.5 Å². The van der Waals surface area contributed by atoms with Crippen molar-refractivity contribution in [1.82, 2.24) is 15.0 Å². The van der Waals surface area contributed by atoms with Crippen LogP contribution >= 0.6 is 0 Å². The fourth-order valence-electron chi connectivity index (χ4n) is 3.34. The molecule has 2 aromatic carbocycles. The predicted molar refractivity (Wildman–Crippen MR) is 117 cm³/mol. The van der Waals surface area contributed by atoms with Crippen LogP contribution < -0.4 is 16.0 Å². The van der Waals surface area contributed by atoms with Crippen molar-refractivity contribution in [2.75, 3.05) is 36.5 Å². The lowest BCUT2D eigenvalue weighted by Gasteiger charge is -2.27. The summed E-state index contributed by atoms with van der Waals surface area (Å²) in [4.78, 5) is 27.7. The highest BCUT2D eigenvalue weighted by Gasteiger charge is 2.21. The maximum absolute atomic E-state index is 12.1. The maximum Gasteiger partial charge on any atom is 0.240 e. The summed E-state index contributed by atoms with van der Waals surface area (Å²) in [7, 11) is 0. The van der Waals surface area contributed by atoms with Crippen molar-refractivity contribution in [3.8, 4) is 17.1 Å². The van der Waals surface area contributed by atoms with Gasteiger partial charge < -0.3 is 25.8 Å². The first-order chi connectivity index (χ1) is 15.1. The second kappa shape index (κ2) is 9.40. The number of carbonyl (C=O) groups is 1. The summed E-state index contributed by atoms with van der Waals surface area (Å²) in [6.45, 7) is 2.44. The normalized spacial score (nSPS) is 14.8. The number of benzene rings is 2. The number of ether oxygens (including phenoxy) is 1. The molecular weight excluding hydrogens is 396 g/mol. The number of hydrogen-bond donors (Lipinski definition) is 3. The number of hydrogen-bond acceptors (Lipinski definition) is 8. The van der Waals surface area contributed by atoms with Gasteiger partial charge in [0.05, 0.1) is 13.2 Å². The van der Waals surface area contributed by atoms with Crippen LogP contribution in [0.4, 0.5) is 11.9 Å². The van der Waals surface area contributed by atoms with E-state index in [1.165, 1.54) is 0 Å². The summed E-state index contributed by atoms with van der Waals surface area (Å²) >= 11 is 0. The van der Waals surface area contributed by atoms with E-state index in [-0.39, 0.29) is 11.7 Å². The summed E-state index contributed by atoms with van der Waals surface area (Å²) in [5.74, 6) is 0.713. The number of rotatable bonds is 7. The van der Waals surface area contributed by atoms with Gasteiger partial charge in [-0.3, -0.25) is 4.79 Å². The Kier molecular flexibility index (Phi) is 6.23. The Labute approximate surface area is 179 Å². The smallest absolute Gasteiger partial charge is 0.240 e. The van der Waals surface area contributed by atoms with Crippen LogP contribution in [-0.2, 0) is 16.0 Å². The van der Waals surface area contributed by atoms with Crippen LogP contribution in [0.5, 0.6) is 5.75 Å². The van der Waals surface area contributed by atoms with Crippen molar-refractivity contribution in [2.24, 2.45) is 5.73 Å². The minimum absolute atomic E-state index is 0.111. The number of aromatic hydroxyl groups is 1. The van der Waals surface area contributed by atoms with Gasteiger partial charge in [-0.05, 0) is 17.7 Å². The van der Waals surface area contributed by atoms with E-state index in [2.05, 4.69) is 20.3 Å². The molecule has 31 heavy (non-hydrogen) atoms. The van der Waals surface area contributed by atoms with E-state index < -0.39 is 11.9 Å². The summed E-state index contributed by atoms with van der Waals surface area (Å²) in [6, 6.07) is 15.6. The van der Waals surface area contributed by atoms with E-state index in [0.717, 1.165) is 5.56 Å². The molecule has 4 rings (SSSR count). The molecule has 1 unspecified atom stereocenters. The molecule has 9 nitrogen and oxygen atoms in total. The van der Waals surface area contributed by atoms with Gasteiger partial charge in [0.15, 0.2) is 5.82 Å². The molecule has 1 saturated heterocycles. The third-order valence-electron chi connectivity index (χ3n) is 4.95. The van der Waals surface area contributed by atoms with E-state index in [0.29, 0.717) is 50.1 Å². The van der Waals surface area contributed by atoms with Gasteiger partial charge in [-0.15, -0.1) is 0 Å². The average Bonchev–Trinajstić information content (AvgIpc) is 2.80. The van der Waals surface area contributed by atoms with E-state index in [1.807, 2.05) is 35.2 Å². The van der Waals surface area contributed by atoms with Crippen LogP contribution in [0, 0.1) is 0 Å². The standard InChI is InChI=1S/C22H24N6O3/c23-19(30)18(13-15-5-2-1-3-6-15)24-21-25-20(16-7-4-8-17(29)14-16)26-22(27-21)28-9-11-31-12-10-28/h1-8,14,18,29H,9-13H2,(H2,23,30)(H,24,25,26,27). The first-order valence-electron chi connectivity index (χ1n) is 10.1. The Balaban J connectivity index is 1.67. The van der Waals surface area contributed by atoms with Gasteiger partial charge in [0.2, 0.25) is 17.8 Å². The number of nitrogens with zero attached hydrogens (tertiary/aromatic N) is 4. The van der Waals surface area contributed by atoms with E-state index >= 15 is 0 Å². The van der Waals surface area contributed by atoms with Crippen LogP contribution in [0.3, 0.4) is 0 Å². The zero-order valence-corrected chi connectivity index (χ0v) is 16.9. The largest absolute Gasteiger partial charge is 0.508 e. The lowest BCUT2D eigenvalue weighted by molar-refractivity contribution is -0.118. The van der Waals surface area contributed by atoms with Crippen LogP contribution in [0.2, 0.25) is 0 Å². The quantitative estimate of drug-likeness (QED) is 0.526. The Morgan fingerprint density at radius 1 is 1.10 bits per heavy atom. The number of phenols is 1. The minimum atomic E-state index is -0.695. The molecule has 1 atom stereocenters. The molecule has 1 aromatic heterocycles. The summed E-state index contributed by atoms with van der Waals surface area (Å²) in [5.41, 5.74) is 7.25. The highest BCUT2D eigenvalue weighted by molar-refractivity contribution is 5.83. The third kappa shape index (κ3) is 5.26. The second-order valence-electron chi connectivity index (χ2n) is 7.22. The van der Waals surface area contributed by atoms with Crippen LogP contribution in [-0.4, -0.2) is 58.3 Å². The Bertz CT molecular complexity index is 1040. The lowest BCUT2D eigenvalue weighted by Crippen LogP contribution is -2.39. The van der Waals surface area contributed by atoms with Gasteiger partial charge >= 0.3 is 0 Å². The molecule has 0 bridgehead atoms. The number of aromatic nitrogens is 3. The Morgan fingerprint density at radius 2 is 1.87 bits per heavy atom. The van der Waals surface area contributed by atoms with Gasteiger partial charge in [0.1, 0.15) is 11.8 Å². The molecule has 1 aliphatic rings. The van der Waals surface area contributed by atoms with Gasteiger partial charge in [-0.2, -0.15) is 15.0 Å². The number of amides is 1. The van der Waals surface area contributed by atoms with E-state index in [1.54, 1.807) is 24.3 Å². The van der Waals surface area contributed by atoms with Crippen LogP contribution in [0.25, 0.3) is 11.4 Å². The summed E-state index contributed by atoms with van der Waals surface area (Å²) in [6.07, 6.45) is 0.399. The number of carbonyl (C=O) groups excluding carboxylic acids is 1.